The van der Waals surface area contributed by atoms with Crippen molar-refractivity contribution in [2.24, 2.45) is 5.92 Å². The molecule has 178 valence electrons. The van der Waals surface area contributed by atoms with Gasteiger partial charge < -0.3 is 10.1 Å². The summed E-state index contributed by atoms with van der Waals surface area (Å²) in [5.41, 5.74) is 0.162. The predicted molar refractivity (Wildman–Crippen MR) is 127 cm³/mol. The molecular formula is C21H25N3O6S3. The van der Waals surface area contributed by atoms with Gasteiger partial charge in [-0.1, -0.05) is 0 Å². The van der Waals surface area contributed by atoms with Crippen LogP contribution >= 0.6 is 23.1 Å². The summed E-state index contributed by atoms with van der Waals surface area (Å²) in [6.45, 7) is 2.21. The minimum atomic E-state index is -3.62. The molecule has 1 aromatic carbocycles. The third-order valence-corrected chi connectivity index (χ3v) is 8.65. The van der Waals surface area contributed by atoms with Crippen molar-refractivity contribution in [3.8, 4) is 0 Å². The van der Waals surface area contributed by atoms with Crippen LogP contribution in [0, 0.1) is 5.92 Å². The number of sulfonamides is 1. The highest BCUT2D eigenvalue weighted by atomic mass is 32.2. The fourth-order valence-electron chi connectivity index (χ4n) is 3.38. The van der Waals surface area contributed by atoms with Crippen molar-refractivity contribution in [1.29, 1.82) is 0 Å². The van der Waals surface area contributed by atoms with Crippen molar-refractivity contribution in [2.75, 3.05) is 31.3 Å². The molecule has 0 aliphatic carbocycles. The number of nitrogens with zero attached hydrogens (tertiary/aromatic N) is 1. The van der Waals surface area contributed by atoms with E-state index in [1.165, 1.54) is 22.1 Å². The number of piperidine rings is 1. The highest BCUT2D eigenvalue weighted by molar-refractivity contribution is 7.98. The summed E-state index contributed by atoms with van der Waals surface area (Å²) in [7, 11) is -3.62. The number of alkyl carbamates (subject to hydrolysis) is 1. The zero-order chi connectivity index (χ0) is 24.0. The van der Waals surface area contributed by atoms with Crippen molar-refractivity contribution < 1.29 is 27.5 Å². The summed E-state index contributed by atoms with van der Waals surface area (Å²) in [5, 5.41) is 6.80. The van der Waals surface area contributed by atoms with Crippen molar-refractivity contribution >= 4 is 56.0 Å². The molecule has 2 N–H and O–H groups in total. The first-order valence-corrected chi connectivity index (χ1v) is 13.8. The molecule has 1 aliphatic rings. The maximum Gasteiger partial charge on any atom is 0.414 e. The fourth-order valence-corrected chi connectivity index (χ4v) is 6.05. The van der Waals surface area contributed by atoms with E-state index in [9.17, 15) is 22.8 Å². The molecule has 0 unspecified atom stereocenters. The number of thioether (sulfide) groups is 1. The average molecular weight is 512 g/mol. The number of thiophene rings is 1. The third kappa shape index (κ3) is 6.14. The normalized spacial score (nSPS) is 15.1. The summed E-state index contributed by atoms with van der Waals surface area (Å²) in [4.78, 5) is 37.7. The van der Waals surface area contributed by atoms with Gasteiger partial charge >= 0.3 is 6.09 Å². The maximum atomic E-state index is 12.9. The molecule has 3 amide bonds. The van der Waals surface area contributed by atoms with Crippen molar-refractivity contribution in [3.63, 3.8) is 0 Å². The molecule has 3 rings (SSSR count). The zero-order valence-corrected chi connectivity index (χ0v) is 20.6. The monoisotopic (exact) mass is 511 g/mol. The van der Waals surface area contributed by atoms with E-state index in [1.807, 2.05) is 6.26 Å². The molecule has 1 aliphatic heterocycles. The van der Waals surface area contributed by atoms with Gasteiger partial charge in [0.15, 0.2) is 0 Å². The van der Waals surface area contributed by atoms with Crippen LogP contribution in [0.25, 0.3) is 0 Å². The minimum Gasteiger partial charge on any atom is -0.450 e. The lowest BCUT2D eigenvalue weighted by molar-refractivity contribution is -0.120. The predicted octanol–water partition coefficient (Wildman–Crippen LogP) is 3.40. The standard InChI is InChI=1S/C21H25N3O6S3/c1-3-30-21(27)23-19(26)17-10-13-32-20(17)22-18(25)14-8-11-24(12-9-14)33(28,29)16-6-4-15(31-2)5-7-16/h4-7,10,13-14H,3,8-9,11-12H2,1-2H3,(H,22,25)(H,23,26,27). The number of benzene rings is 1. The number of ether oxygens (including phenoxy) is 1. The Bertz CT molecular complexity index is 1110. The van der Waals surface area contributed by atoms with Gasteiger partial charge in [-0.2, -0.15) is 4.31 Å². The first-order valence-electron chi connectivity index (χ1n) is 10.3. The van der Waals surface area contributed by atoms with Crippen molar-refractivity contribution in [1.82, 2.24) is 9.62 Å². The molecule has 1 saturated heterocycles. The molecule has 1 aromatic heterocycles. The molecule has 2 heterocycles. The molecular weight excluding hydrogens is 486 g/mol. The van der Waals surface area contributed by atoms with Crippen LogP contribution in [-0.2, 0) is 19.6 Å². The average Bonchev–Trinajstić information content (AvgIpc) is 3.27. The van der Waals surface area contributed by atoms with Gasteiger partial charge in [-0.3, -0.25) is 14.9 Å². The minimum absolute atomic E-state index is 0.129. The van der Waals surface area contributed by atoms with Crippen molar-refractivity contribution in [2.45, 2.75) is 29.6 Å². The van der Waals surface area contributed by atoms with E-state index in [4.69, 9.17) is 4.74 Å². The van der Waals surface area contributed by atoms with E-state index in [2.05, 4.69) is 10.6 Å². The first kappa shape index (κ1) is 25.2. The second-order valence-electron chi connectivity index (χ2n) is 7.18. The van der Waals surface area contributed by atoms with E-state index < -0.39 is 27.9 Å². The van der Waals surface area contributed by atoms with E-state index in [0.717, 1.165) is 16.2 Å². The number of hydrogen-bond acceptors (Lipinski definition) is 8. The molecule has 0 saturated carbocycles. The molecule has 1 fully saturated rings. The molecule has 12 heteroatoms. The van der Waals surface area contributed by atoms with Gasteiger partial charge in [0, 0.05) is 23.9 Å². The van der Waals surface area contributed by atoms with Crippen LogP contribution in [0.15, 0.2) is 45.5 Å². The number of amides is 3. The Balaban J connectivity index is 1.58. The Morgan fingerprint density at radius 2 is 1.82 bits per heavy atom. The number of hydrogen-bond donors (Lipinski definition) is 2. The lowest BCUT2D eigenvalue weighted by atomic mass is 9.97. The number of imide groups is 1. The first-order chi connectivity index (χ1) is 15.8. The summed E-state index contributed by atoms with van der Waals surface area (Å²) in [5.74, 6) is -1.35. The van der Waals surface area contributed by atoms with Crippen LogP contribution in [0.2, 0.25) is 0 Å². The van der Waals surface area contributed by atoms with Gasteiger partial charge in [-0.15, -0.1) is 23.1 Å². The fraction of sp³-hybridized carbons (Fsp3) is 0.381. The van der Waals surface area contributed by atoms with Gasteiger partial charge in [0.2, 0.25) is 15.9 Å². The third-order valence-electron chi connectivity index (χ3n) is 5.16. The lowest BCUT2D eigenvalue weighted by Gasteiger charge is -2.30. The quantitative estimate of drug-likeness (QED) is 0.547. The van der Waals surface area contributed by atoms with Crippen LogP contribution in [0.4, 0.5) is 9.80 Å². The number of carbonyl (C=O) groups is 3. The van der Waals surface area contributed by atoms with Gasteiger partial charge in [0.1, 0.15) is 5.00 Å². The Hall–Kier alpha value is -2.41. The summed E-state index contributed by atoms with van der Waals surface area (Å²) in [6, 6.07) is 8.24. The zero-order valence-electron chi connectivity index (χ0n) is 18.2. The topological polar surface area (TPSA) is 122 Å². The van der Waals surface area contributed by atoms with Gasteiger partial charge in [0.05, 0.1) is 17.1 Å². The van der Waals surface area contributed by atoms with Crippen LogP contribution in [0.3, 0.4) is 0 Å². The Kier molecular flexibility index (Phi) is 8.51. The molecule has 0 bridgehead atoms. The van der Waals surface area contributed by atoms with Crippen LogP contribution in [0.5, 0.6) is 0 Å². The number of carbonyl (C=O) groups excluding carboxylic acids is 3. The SMILES string of the molecule is CCOC(=O)NC(=O)c1ccsc1NC(=O)C1CCN(S(=O)(=O)c2ccc(SC)cc2)CC1. The Morgan fingerprint density at radius 1 is 1.15 bits per heavy atom. The maximum absolute atomic E-state index is 12.9. The largest absolute Gasteiger partial charge is 0.450 e. The van der Waals surface area contributed by atoms with E-state index in [0.29, 0.717) is 17.8 Å². The molecule has 2 aromatic rings. The molecule has 0 radical (unpaired) electrons. The smallest absolute Gasteiger partial charge is 0.414 e. The highest BCUT2D eigenvalue weighted by Crippen LogP contribution is 2.28. The van der Waals surface area contributed by atoms with Crippen LogP contribution in [0.1, 0.15) is 30.1 Å². The van der Waals surface area contributed by atoms with Crippen molar-refractivity contribution in [3.05, 3.63) is 41.3 Å². The Labute approximate surface area is 200 Å². The number of rotatable bonds is 7. The molecule has 0 atom stereocenters. The lowest BCUT2D eigenvalue weighted by Crippen LogP contribution is -2.41. The summed E-state index contributed by atoms with van der Waals surface area (Å²) < 4.78 is 31.9. The Morgan fingerprint density at radius 3 is 2.42 bits per heavy atom. The summed E-state index contributed by atoms with van der Waals surface area (Å²) >= 11 is 2.70. The highest BCUT2D eigenvalue weighted by Gasteiger charge is 2.32. The molecule has 9 nitrogen and oxygen atoms in total. The van der Waals surface area contributed by atoms with Gasteiger partial charge in [0.25, 0.3) is 5.91 Å². The summed E-state index contributed by atoms with van der Waals surface area (Å²) in [6.07, 6.45) is 1.79. The molecule has 0 spiro atoms. The second-order valence-corrected chi connectivity index (χ2v) is 10.9. The molecule has 33 heavy (non-hydrogen) atoms. The van der Waals surface area contributed by atoms with Gasteiger partial charge in [-0.25, -0.2) is 13.2 Å². The van der Waals surface area contributed by atoms with Gasteiger partial charge in [-0.05, 0) is 61.7 Å². The van der Waals surface area contributed by atoms with E-state index in [-0.39, 0.29) is 36.1 Å². The van der Waals surface area contributed by atoms with Crippen LogP contribution in [-0.4, -0.2) is 56.6 Å². The number of nitrogens with one attached hydrogen (secondary N) is 2. The number of anilines is 1. The second kappa shape index (κ2) is 11.1. The van der Waals surface area contributed by atoms with E-state index in [1.54, 1.807) is 36.6 Å². The van der Waals surface area contributed by atoms with E-state index >= 15 is 0 Å². The van der Waals surface area contributed by atoms with Crippen LogP contribution < -0.4 is 10.6 Å².